The summed E-state index contributed by atoms with van der Waals surface area (Å²) in [5.74, 6) is 0.711. The average molecular weight is 127 g/mol. The van der Waals surface area contributed by atoms with Crippen molar-refractivity contribution in [2.24, 2.45) is 0 Å². The van der Waals surface area contributed by atoms with E-state index in [0.717, 1.165) is 0 Å². The largest absolute Gasteiger partial charge is 0.317 e. The molecule has 0 fully saturated rings. The zero-order valence-electron chi connectivity index (χ0n) is 4.07. The lowest BCUT2D eigenvalue weighted by molar-refractivity contribution is 1.18. The third kappa shape index (κ3) is 1.10. The number of anilines is 1. The van der Waals surface area contributed by atoms with E-state index in [1.54, 1.807) is 12.3 Å². The van der Waals surface area contributed by atoms with Gasteiger partial charge in [0, 0.05) is 6.20 Å². The molecule has 0 radical (unpaired) electrons. The van der Waals surface area contributed by atoms with Gasteiger partial charge in [-0.05, 0) is 6.07 Å². The minimum atomic E-state index is 0.711. The second-order valence-electron chi connectivity index (χ2n) is 1.21. The highest BCUT2D eigenvalue weighted by atomic mass is 32.1. The fraction of sp³-hybridized carbons (Fsp3) is 0. The summed E-state index contributed by atoms with van der Waals surface area (Å²) in [5.41, 5.74) is 0. The van der Waals surface area contributed by atoms with Crippen LogP contribution in [0.1, 0.15) is 0 Å². The van der Waals surface area contributed by atoms with Crippen LogP contribution < -0.4 is 4.72 Å². The van der Waals surface area contributed by atoms with Crippen LogP contribution in [-0.2, 0) is 0 Å². The van der Waals surface area contributed by atoms with Gasteiger partial charge in [0.05, 0.1) is 0 Å². The second kappa shape index (κ2) is 2.52. The van der Waals surface area contributed by atoms with Crippen molar-refractivity contribution >= 4 is 18.6 Å². The molecule has 1 heterocycles. The highest BCUT2D eigenvalue weighted by Gasteiger charge is 1.81. The van der Waals surface area contributed by atoms with Crippen molar-refractivity contribution in [1.29, 1.82) is 0 Å². The Kier molecular flexibility index (Phi) is 1.69. The maximum Gasteiger partial charge on any atom is 0.138 e. The van der Waals surface area contributed by atoms with Gasteiger partial charge in [0.2, 0.25) is 0 Å². The predicted molar refractivity (Wildman–Crippen MR) is 34.6 cm³/mol. The maximum absolute atomic E-state index is 3.80. The summed E-state index contributed by atoms with van der Waals surface area (Å²) in [4.78, 5) is 7.51. The molecular formula is C4H5N3S. The first kappa shape index (κ1) is 5.37. The van der Waals surface area contributed by atoms with Crippen molar-refractivity contribution in [3.63, 3.8) is 0 Å². The molecule has 0 atom stereocenters. The van der Waals surface area contributed by atoms with E-state index in [1.165, 1.54) is 6.33 Å². The zero-order chi connectivity index (χ0) is 5.82. The number of nitrogens with zero attached hydrogens (tertiary/aromatic N) is 2. The average Bonchev–Trinajstić information content (AvgIpc) is 1.90. The molecule has 0 aliphatic heterocycles. The van der Waals surface area contributed by atoms with E-state index < -0.39 is 0 Å². The molecule has 0 spiro atoms. The molecule has 0 unspecified atom stereocenters. The lowest BCUT2D eigenvalue weighted by Crippen LogP contribution is -1.83. The summed E-state index contributed by atoms with van der Waals surface area (Å²) in [6.45, 7) is 0. The molecule has 0 amide bonds. The molecule has 1 rings (SSSR count). The first-order chi connectivity index (χ1) is 3.93. The van der Waals surface area contributed by atoms with Gasteiger partial charge < -0.3 is 4.72 Å². The second-order valence-corrected chi connectivity index (χ2v) is 1.43. The van der Waals surface area contributed by atoms with E-state index in [9.17, 15) is 0 Å². The summed E-state index contributed by atoms with van der Waals surface area (Å²) in [7, 11) is 0. The van der Waals surface area contributed by atoms with Crippen molar-refractivity contribution < 1.29 is 0 Å². The standard InChI is InChI=1S/C4H5N3S/c8-7-4-1-2-5-3-6-4/h1-3,8H,(H,5,6,7). The van der Waals surface area contributed by atoms with Crippen molar-refractivity contribution in [2.45, 2.75) is 0 Å². The van der Waals surface area contributed by atoms with Crippen molar-refractivity contribution in [2.75, 3.05) is 4.72 Å². The summed E-state index contributed by atoms with van der Waals surface area (Å²) in [6, 6.07) is 1.73. The molecule has 1 aromatic rings. The Morgan fingerprint density at radius 1 is 1.62 bits per heavy atom. The highest BCUT2D eigenvalue weighted by molar-refractivity contribution is 7.81. The van der Waals surface area contributed by atoms with Crippen molar-refractivity contribution in [3.05, 3.63) is 18.6 Å². The Morgan fingerprint density at radius 3 is 2.88 bits per heavy atom. The number of rotatable bonds is 1. The maximum atomic E-state index is 3.80. The molecule has 1 N–H and O–H groups in total. The van der Waals surface area contributed by atoms with Crippen LogP contribution in [0.5, 0.6) is 0 Å². The van der Waals surface area contributed by atoms with Crippen LogP contribution in [0.25, 0.3) is 0 Å². The molecule has 0 aromatic carbocycles. The molecule has 4 heteroatoms. The van der Waals surface area contributed by atoms with Gasteiger partial charge in [-0.1, -0.05) is 12.8 Å². The quantitative estimate of drug-likeness (QED) is 0.546. The molecule has 0 bridgehead atoms. The van der Waals surface area contributed by atoms with Gasteiger partial charge in [0.15, 0.2) is 0 Å². The number of nitrogens with one attached hydrogen (secondary N) is 1. The highest BCUT2D eigenvalue weighted by Crippen LogP contribution is 1.96. The van der Waals surface area contributed by atoms with Crippen LogP contribution in [0.3, 0.4) is 0 Å². The fourth-order valence-corrected chi connectivity index (χ4v) is 0.489. The first-order valence-electron chi connectivity index (χ1n) is 2.09. The van der Waals surface area contributed by atoms with Gasteiger partial charge in [-0.3, -0.25) is 0 Å². The van der Waals surface area contributed by atoms with Crippen LogP contribution in [0.15, 0.2) is 18.6 Å². The van der Waals surface area contributed by atoms with E-state index in [1.807, 2.05) is 0 Å². The fourth-order valence-electron chi connectivity index (χ4n) is 0.357. The first-order valence-corrected chi connectivity index (χ1v) is 2.54. The van der Waals surface area contributed by atoms with E-state index in [2.05, 4.69) is 27.5 Å². The van der Waals surface area contributed by atoms with E-state index in [0.29, 0.717) is 5.82 Å². The van der Waals surface area contributed by atoms with Crippen LogP contribution in [0.2, 0.25) is 0 Å². The lowest BCUT2D eigenvalue weighted by Gasteiger charge is -1.91. The van der Waals surface area contributed by atoms with Gasteiger partial charge in [-0.2, -0.15) is 0 Å². The summed E-state index contributed by atoms with van der Waals surface area (Å²) < 4.78 is 2.57. The number of aromatic nitrogens is 2. The molecule has 8 heavy (non-hydrogen) atoms. The minimum absolute atomic E-state index is 0.711. The third-order valence-electron chi connectivity index (χ3n) is 0.697. The Hall–Kier alpha value is -0.770. The number of hydrogen-bond donors (Lipinski definition) is 2. The summed E-state index contributed by atoms with van der Waals surface area (Å²) >= 11 is 3.77. The summed E-state index contributed by atoms with van der Waals surface area (Å²) in [5, 5.41) is 0. The number of hydrogen-bond acceptors (Lipinski definition) is 4. The minimum Gasteiger partial charge on any atom is -0.317 e. The normalized spacial score (nSPS) is 8.62. The van der Waals surface area contributed by atoms with Gasteiger partial charge in [-0.25, -0.2) is 9.97 Å². The molecule has 42 valence electrons. The van der Waals surface area contributed by atoms with Gasteiger partial charge in [0.25, 0.3) is 0 Å². The molecule has 0 aliphatic rings. The van der Waals surface area contributed by atoms with Crippen LogP contribution >= 0.6 is 12.8 Å². The Labute approximate surface area is 52.7 Å². The van der Waals surface area contributed by atoms with Crippen molar-refractivity contribution in [1.82, 2.24) is 9.97 Å². The molecule has 1 aromatic heterocycles. The van der Waals surface area contributed by atoms with E-state index in [-0.39, 0.29) is 0 Å². The molecule has 0 aliphatic carbocycles. The van der Waals surface area contributed by atoms with Gasteiger partial charge in [0.1, 0.15) is 12.1 Å². The monoisotopic (exact) mass is 127 g/mol. The lowest BCUT2D eigenvalue weighted by atomic mass is 10.6. The molecule has 3 nitrogen and oxygen atoms in total. The predicted octanol–water partition coefficient (Wildman–Crippen LogP) is 0.733. The van der Waals surface area contributed by atoms with Gasteiger partial charge in [-0.15, -0.1) is 0 Å². The number of thiol groups is 1. The Morgan fingerprint density at radius 2 is 2.50 bits per heavy atom. The zero-order valence-corrected chi connectivity index (χ0v) is 4.97. The van der Waals surface area contributed by atoms with Gasteiger partial charge >= 0.3 is 0 Å². The van der Waals surface area contributed by atoms with Crippen molar-refractivity contribution in [3.8, 4) is 0 Å². The third-order valence-corrected chi connectivity index (χ3v) is 0.926. The Balaban J connectivity index is 2.83. The molecule has 0 saturated carbocycles. The summed E-state index contributed by atoms with van der Waals surface area (Å²) in [6.07, 6.45) is 3.10. The van der Waals surface area contributed by atoms with E-state index in [4.69, 9.17) is 0 Å². The van der Waals surface area contributed by atoms with Crippen LogP contribution in [0.4, 0.5) is 5.82 Å². The molecular weight excluding hydrogens is 122 g/mol. The SMILES string of the molecule is SNc1ccncn1. The topological polar surface area (TPSA) is 37.8 Å². The Bertz CT molecular complexity index is 153. The molecule has 0 saturated heterocycles. The van der Waals surface area contributed by atoms with Crippen LogP contribution in [0, 0.1) is 0 Å². The smallest absolute Gasteiger partial charge is 0.138 e. The van der Waals surface area contributed by atoms with Crippen LogP contribution in [-0.4, -0.2) is 9.97 Å². The van der Waals surface area contributed by atoms with E-state index >= 15 is 0 Å².